The van der Waals surface area contributed by atoms with Crippen LogP contribution in [0, 0.1) is 5.92 Å². The first-order valence-electron chi connectivity index (χ1n) is 10.9. The monoisotopic (exact) mass is 423 g/mol. The lowest BCUT2D eigenvalue weighted by Crippen LogP contribution is -2.37. The predicted octanol–water partition coefficient (Wildman–Crippen LogP) is 4.25. The van der Waals surface area contributed by atoms with Gasteiger partial charge in [0.2, 0.25) is 5.71 Å². The molecule has 0 aromatic carbocycles. The molecule has 0 bridgehead atoms. The molecule has 1 fully saturated rings. The molecule has 3 aromatic heterocycles. The fourth-order valence-electron chi connectivity index (χ4n) is 4.12. The average Bonchev–Trinajstić information content (AvgIpc) is 3.27. The second-order valence-electron chi connectivity index (χ2n) is 7.86. The number of pyridine rings is 2. The van der Waals surface area contributed by atoms with Gasteiger partial charge in [0.15, 0.2) is 0 Å². The first-order chi connectivity index (χ1) is 15.2. The third-order valence-corrected chi connectivity index (χ3v) is 5.77. The molecule has 0 atom stereocenters. The third-order valence-electron chi connectivity index (χ3n) is 5.77. The standard InChI is InChI=1S/C24H29N3O4/c1-3-30-24(28)18-6-9-27(10-7-18)21-13-17(5-4-11-29-2)15-25-22(21)20-14-19-8-12-31-23(19)26-16-20/h8,12-16,18H,3-7,9-11H2,1-2H3. The second kappa shape index (κ2) is 9.92. The molecule has 7 heteroatoms. The molecule has 1 aliphatic heterocycles. The number of esters is 1. The Labute approximate surface area is 182 Å². The zero-order chi connectivity index (χ0) is 21.6. The summed E-state index contributed by atoms with van der Waals surface area (Å²) in [5.74, 6) is -0.107. The molecule has 7 nitrogen and oxygen atoms in total. The Balaban J connectivity index is 1.61. The van der Waals surface area contributed by atoms with Gasteiger partial charge < -0.3 is 18.8 Å². The number of furan rings is 1. The lowest BCUT2D eigenvalue weighted by molar-refractivity contribution is -0.148. The highest BCUT2D eigenvalue weighted by molar-refractivity contribution is 5.83. The van der Waals surface area contributed by atoms with E-state index >= 15 is 0 Å². The summed E-state index contributed by atoms with van der Waals surface area (Å²) < 4.78 is 15.8. The minimum absolute atomic E-state index is 0.0264. The average molecular weight is 424 g/mol. The van der Waals surface area contributed by atoms with Crippen molar-refractivity contribution in [2.24, 2.45) is 5.92 Å². The summed E-state index contributed by atoms with van der Waals surface area (Å²) >= 11 is 0. The fraction of sp³-hybridized carbons (Fsp3) is 0.458. The molecule has 0 N–H and O–H groups in total. The minimum Gasteiger partial charge on any atom is -0.466 e. The van der Waals surface area contributed by atoms with Gasteiger partial charge in [0.1, 0.15) is 0 Å². The van der Waals surface area contributed by atoms with Gasteiger partial charge in [0.05, 0.1) is 30.2 Å². The van der Waals surface area contributed by atoms with Gasteiger partial charge in [-0.3, -0.25) is 9.78 Å². The van der Waals surface area contributed by atoms with Gasteiger partial charge in [-0.15, -0.1) is 0 Å². The predicted molar refractivity (Wildman–Crippen MR) is 119 cm³/mol. The summed E-state index contributed by atoms with van der Waals surface area (Å²) in [5.41, 5.74) is 4.75. The van der Waals surface area contributed by atoms with Crippen molar-refractivity contribution >= 4 is 22.8 Å². The molecule has 3 aromatic rings. The van der Waals surface area contributed by atoms with Gasteiger partial charge in [-0.25, -0.2) is 4.98 Å². The minimum atomic E-state index is -0.0802. The molecule has 0 amide bonds. The molecule has 0 unspecified atom stereocenters. The number of carbonyl (C=O) groups excluding carboxylic acids is 1. The summed E-state index contributed by atoms with van der Waals surface area (Å²) in [7, 11) is 1.72. The highest BCUT2D eigenvalue weighted by Gasteiger charge is 2.27. The van der Waals surface area contributed by atoms with Crippen LogP contribution in [0.1, 0.15) is 31.7 Å². The first kappa shape index (κ1) is 21.3. The number of hydrogen-bond donors (Lipinski definition) is 0. The van der Waals surface area contributed by atoms with Crippen LogP contribution in [0.3, 0.4) is 0 Å². The van der Waals surface area contributed by atoms with Gasteiger partial charge >= 0.3 is 5.97 Å². The maximum Gasteiger partial charge on any atom is 0.309 e. The van der Waals surface area contributed by atoms with Gasteiger partial charge in [0.25, 0.3) is 0 Å². The van der Waals surface area contributed by atoms with Crippen LogP contribution >= 0.6 is 0 Å². The zero-order valence-corrected chi connectivity index (χ0v) is 18.2. The number of anilines is 1. The smallest absolute Gasteiger partial charge is 0.309 e. The molecule has 1 aliphatic rings. The number of aromatic nitrogens is 2. The largest absolute Gasteiger partial charge is 0.466 e. The van der Waals surface area contributed by atoms with Crippen LogP contribution < -0.4 is 4.90 Å². The molecule has 0 spiro atoms. The third kappa shape index (κ3) is 4.88. The summed E-state index contributed by atoms with van der Waals surface area (Å²) in [6.45, 7) is 4.59. The molecule has 4 heterocycles. The van der Waals surface area contributed by atoms with Crippen LogP contribution in [0.4, 0.5) is 5.69 Å². The number of hydrogen-bond acceptors (Lipinski definition) is 7. The van der Waals surface area contributed by atoms with E-state index in [1.165, 1.54) is 5.56 Å². The highest BCUT2D eigenvalue weighted by atomic mass is 16.5. The number of carbonyl (C=O) groups is 1. The SMILES string of the molecule is CCOC(=O)C1CCN(c2cc(CCCOC)cnc2-c2cnc3occc3c2)CC1. The number of fused-ring (bicyclic) bond motifs is 1. The molecule has 4 rings (SSSR count). The molecule has 31 heavy (non-hydrogen) atoms. The number of rotatable bonds is 8. The molecule has 0 aliphatic carbocycles. The number of methoxy groups -OCH3 is 1. The van der Waals surface area contributed by atoms with E-state index in [0.29, 0.717) is 12.3 Å². The van der Waals surface area contributed by atoms with Crippen molar-refractivity contribution in [3.8, 4) is 11.3 Å². The van der Waals surface area contributed by atoms with Crippen molar-refractivity contribution in [3.63, 3.8) is 0 Å². The van der Waals surface area contributed by atoms with Crippen molar-refractivity contribution in [1.82, 2.24) is 9.97 Å². The van der Waals surface area contributed by atoms with Crippen LogP contribution in [0.25, 0.3) is 22.4 Å². The lowest BCUT2D eigenvalue weighted by atomic mass is 9.95. The summed E-state index contributed by atoms with van der Waals surface area (Å²) in [4.78, 5) is 23.8. The Kier molecular flexibility index (Phi) is 6.82. The van der Waals surface area contributed by atoms with E-state index in [-0.39, 0.29) is 11.9 Å². The van der Waals surface area contributed by atoms with Crippen molar-refractivity contribution < 1.29 is 18.7 Å². The van der Waals surface area contributed by atoms with E-state index in [4.69, 9.17) is 18.9 Å². The Bertz CT molecular complexity index is 1020. The van der Waals surface area contributed by atoms with Crippen LogP contribution in [0.15, 0.2) is 41.3 Å². The van der Waals surface area contributed by atoms with E-state index in [9.17, 15) is 4.79 Å². The van der Waals surface area contributed by atoms with E-state index in [0.717, 1.165) is 67.7 Å². The Hall–Kier alpha value is -2.93. The Morgan fingerprint density at radius 1 is 1.23 bits per heavy atom. The van der Waals surface area contributed by atoms with Gasteiger partial charge in [-0.2, -0.15) is 0 Å². The summed E-state index contributed by atoms with van der Waals surface area (Å²) in [6.07, 6.45) is 8.83. The van der Waals surface area contributed by atoms with Crippen LogP contribution in [0.2, 0.25) is 0 Å². The molecular weight excluding hydrogens is 394 g/mol. The fourth-order valence-corrected chi connectivity index (χ4v) is 4.12. The van der Waals surface area contributed by atoms with E-state index in [1.54, 1.807) is 13.4 Å². The normalized spacial score (nSPS) is 14.8. The molecular formula is C24H29N3O4. The number of ether oxygens (including phenoxy) is 2. The highest BCUT2D eigenvalue weighted by Crippen LogP contribution is 2.34. The molecule has 0 saturated carbocycles. The topological polar surface area (TPSA) is 77.7 Å². The molecule has 164 valence electrons. The number of aryl methyl sites for hydroxylation is 1. The first-order valence-corrected chi connectivity index (χ1v) is 10.9. The number of piperidine rings is 1. The second-order valence-corrected chi connectivity index (χ2v) is 7.86. The Morgan fingerprint density at radius 2 is 2.06 bits per heavy atom. The summed E-state index contributed by atoms with van der Waals surface area (Å²) in [6, 6.07) is 6.20. The van der Waals surface area contributed by atoms with Gasteiger partial charge in [-0.1, -0.05) is 0 Å². The molecule has 1 saturated heterocycles. The number of nitrogens with zero attached hydrogens (tertiary/aromatic N) is 3. The van der Waals surface area contributed by atoms with E-state index in [2.05, 4.69) is 22.0 Å². The Morgan fingerprint density at radius 3 is 2.84 bits per heavy atom. The lowest BCUT2D eigenvalue weighted by Gasteiger charge is -2.33. The quantitative estimate of drug-likeness (QED) is 0.396. The van der Waals surface area contributed by atoms with Crippen LogP contribution in [-0.4, -0.2) is 49.4 Å². The van der Waals surface area contributed by atoms with Crippen molar-refractivity contribution in [2.45, 2.75) is 32.6 Å². The van der Waals surface area contributed by atoms with E-state index in [1.807, 2.05) is 25.4 Å². The maximum atomic E-state index is 12.1. The van der Waals surface area contributed by atoms with E-state index < -0.39 is 0 Å². The maximum absolute atomic E-state index is 12.1. The van der Waals surface area contributed by atoms with Crippen molar-refractivity contribution in [3.05, 3.63) is 42.4 Å². The zero-order valence-electron chi connectivity index (χ0n) is 18.2. The van der Waals surface area contributed by atoms with Crippen molar-refractivity contribution in [1.29, 1.82) is 0 Å². The van der Waals surface area contributed by atoms with Gasteiger partial charge in [-0.05, 0) is 56.4 Å². The van der Waals surface area contributed by atoms with Crippen LogP contribution in [-0.2, 0) is 20.7 Å². The van der Waals surface area contributed by atoms with Crippen LogP contribution in [0.5, 0.6) is 0 Å². The molecule has 0 radical (unpaired) electrons. The van der Waals surface area contributed by atoms with Gasteiger partial charge in [0, 0.05) is 50.1 Å². The van der Waals surface area contributed by atoms with Crippen molar-refractivity contribution in [2.75, 3.05) is 38.3 Å². The summed E-state index contributed by atoms with van der Waals surface area (Å²) in [5, 5.41) is 0.954.